The zero-order valence-electron chi connectivity index (χ0n) is 10.0. The highest BCUT2D eigenvalue weighted by Crippen LogP contribution is 2.20. The van der Waals surface area contributed by atoms with Gasteiger partial charge in [0.05, 0.1) is 13.1 Å². The second-order valence-corrected chi connectivity index (χ2v) is 4.23. The molecule has 0 aromatic carbocycles. The summed E-state index contributed by atoms with van der Waals surface area (Å²) in [5, 5.41) is 11.3. The summed E-state index contributed by atoms with van der Waals surface area (Å²) < 4.78 is 0. The molecule has 98 valence electrons. The predicted molar refractivity (Wildman–Crippen MR) is 63.1 cm³/mol. The monoisotopic (exact) mass is 243 g/mol. The Bertz CT molecular complexity index is 271. The zero-order valence-corrected chi connectivity index (χ0v) is 10.0. The Morgan fingerprint density at radius 1 is 1.47 bits per heavy atom. The summed E-state index contributed by atoms with van der Waals surface area (Å²) >= 11 is 0. The molecule has 6 heteroatoms. The summed E-state index contributed by atoms with van der Waals surface area (Å²) in [4.78, 5) is 24.6. The fraction of sp³-hybridized carbons (Fsp3) is 0.818. The Kier molecular flexibility index (Phi) is 5.93. The van der Waals surface area contributed by atoms with Gasteiger partial charge in [0.15, 0.2) is 0 Å². The number of nitrogens with one attached hydrogen (secondary N) is 1. The normalized spacial score (nSPS) is 19.4. The van der Waals surface area contributed by atoms with Gasteiger partial charge in [-0.2, -0.15) is 0 Å². The number of amides is 2. The van der Waals surface area contributed by atoms with Crippen molar-refractivity contribution < 1.29 is 14.7 Å². The summed E-state index contributed by atoms with van der Waals surface area (Å²) in [7, 11) is 0. The van der Waals surface area contributed by atoms with Gasteiger partial charge in [-0.25, -0.2) is 0 Å². The van der Waals surface area contributed by atoms with Crippen LogP contribution in [0.3, 0.4) is 0 Å². The first kappa shape index (κ1) is 13.9. The predicted octanol–water partition coefficient (Wildman–Crippen LogP) is -1.18. The van der Waals surface area contributed by atoms with Crippen molar-refractivity contribution in [2.24, 2.45) is 5.73 Å². The number of aliphatic hydroxyl groups excluding tert-OH is 1. The van der Waals surface area contributed by atoms with Gasteiger partial charge in [0, 0.05) is 19.2 Å². The number of carbonyl (C=O) groups is 2. The van der Waals surface area contributed by atoms with E-state index in [1.54, 1.807) is 4.90 Å². The molecule has 1 aliphatic rings. The Morgan fingerprint density at radius 2 is 2.24 bits per heavy atom. The van der Waals surface area contributed by atoms with Crippen molar-refractivity contribution >= 4 is 11.8 Å². The van der Waals surface area contributed by atoms with Crippen LogP contribution in [-0.2, 0) is 9.59 Å². The maximum absolute atomic E-state index is 11.8. The first-order valence-electron chi connectivity index (χ1n) is 6.06. The van der Waals surface area contributed by atoms with Crippen LogP contribution in [0, 0.1) is 0 Å². The molecular formula is C11H21N3O3. The first-order valence-corrected chi connectivity index (χ1v) is 6.06. The van der Waals surface area contributed by atoms with E-state index >= 15 is 0 Å². The van der Waals surface area contributed by atoms with Crippen molar-refractivity contribution in [2.75, 3.05) is 26.2 Å². The fourth-order valence-electron chi connectivity index (χ4n) is 2.14. The lowest BCUT2D eigenvalue weighted by molar-refractivity contribution is -0.133. The molecule has 0 aliphatic carbocycles. The van der Waals surface area contributed by atoms with Crippen molar-refractivity contribution in [3.63, 3.8) is 0 Å². The molecule has 0 spiro atoms. The Balaban J connectivity index is 2.36. The highest BCUT2D eigenvalue weighted by molar-refractivity contribution is 5.85. The number of nitrogens with two attached hydrogens (primary N) is 1. The molecule has 6 nitrogen and oxygen atoms in total. The number of rotatable bonds is 6. The van der Waals surface area contributed by atoms with Gasteiger partial charge in [-0.1, -0.05) is 0 Å². The summed E-state index contributed by atoms with van der Waals surface area (Å²) in [6, 6.07) is 0.212. The van der Waals surface area contributed by atoms with E-state index in [0.717, 1.165) is 25.8 Å². The quantitative estimate of drug-likeness (QED) is 0.547. The zero-order chi connectivity index (χ0) is 12.7. The van der Waals surface area contributed by atoms with Crippen LogP contribution in [0.2, 0.25) is 0 Å². The number of carbonyl (C=O) groups excluding carboxylic acids is 2. The Hall–Kier alpha value is -1.14. The smallest absolute Gasteiger partial charge is 0.242 e. The number of hydrogen-bond acceptors (Lipinski definition) is 4. The minimum absolute atomic E-state index is 0.0195. The number of nitrogens with zero attached hydrogens (tertiary/aromatic N) is 1. The molecule has 0 bridgehead atoms. The van der Waals surface area contributed by atoms with Gasteiger partial charge in [-0.3, -0.25) is 9.59 Å². The molecule has 4 N–H and O–H groups in total. The van der Waals surface area contributed by atoms with E-state index in [4.69, 9.17) is 10.8 Å². The molecule has 1 unspecified atom stereocenters. The minimum atomic E-state index is -0.315. The van der Waals surface area contributed by atoms with E-state index in [2.05, 4.69) is 5.32 Å². The van der Waals surface area contributed by atoms with Gasteiger partial charge in [-0.15, -0.1) is 0 Å². The third-order valence-electron chi connectivity index (χ3n) is 3.02. The van der Waals surface area contributed by atoms with Crippen LogP contribution in [0.1, 0.15) is 25.7 Å². The second-order valence-electron chi connectivity index (χ2n) is 4.23. The molecule has 1 saturated heterocycles. The van der Waals surface area contributed by atoms with Crippen LogP contribution in [0.4, 0.5) is 0 Å². The third kappa shape index (κ3) is 4.32. The largest absolute Gasteiger partial charge is 0.396 e. The molecular weight excluding hydrogens is 222 g/mol. The maximum atomic E-state index is 11.8. The van der Waals surface area contributed by atoms with Crippen LogP contribution < -0.4 is 11.1 Å². The topological polar surface area (TPSA) is 95.7 Å². The number of hydrogen-bond donors (Lipinski definition) is 3. The highest BCUT2D eigenvalue weighted by Gasteiger charge is 2.27. The maximum Gasteiger partial charge on any atom is 0.242 e. The first-order chi connectivity index (χ1) is 8.19. The van der Waals surface area contributed by atoms with E-state index in [9.17, 15) is 9.59 Å². The molecule has 1 aliphatic heterocycles. The highest BCUT2D eigenvalue weighted by atomic mass is 16.3. The van der Waals surface area contributed by atoms with E-state index in [0.29, 0.717) is 6.42 Å². The van der Waals surface area contributed by atoms with Gasteiger partial charge in [0.2, 0.25) is 11.8 Å². The Morgan fingerprint density at radius 3 is 2.88 bits per heavy atom. The van der Waals surface area contributed by atoms with Crippen LogP contribution in [0.15, 0.2) is 0 Å². The van der Waals surface area contributed by atoms with E-state index in [1.165, 1.54) is 0 Å². The van der Waals surface area contributed by atoms with Gasteiger partial charge in [0.25, 0.3) is 0 Å². The lowest BCUT2D eigenvalue weighted by Gasteiger charge is -2.24. The number of likely N-dealkylation sites (tertiary alicyclic amines) is 1. The molecule has 0 radical (unpaired) electrons. The van der Waals surface area contributed by atoms with Gasteiger partial charge in [0.1, 0.15) is 0 Å². The van der Waals surface area contributed by atoms with Crippen LogP contribution in [0.25, 0.3) is 0 Å². The van der Waals surface area contributed by atoms with Crippen molar-refractivity contribution in [3.8, 4) is 0 Å². The molecule has 0 saturated carbocycles. The summed E-state index contributed by atoms with van der Waals surface area (Å²) in [5.74, 6) is -0.378. The molecule has 17 heavy (non-hydrogen) atoms. The SMILES string of the molecule is NCC(=O)NCC(=O)N1CCCC1CCCO. The average Bonchev–Trinajstić information content (AvgIpc) is 2.81. The lowest BCUT2D eigenvalue weighted by atomic mass is 10.1. The number of aliphatic hydroxyl groups is 1. The molecule has 1 rings (SSSR count). The molecule has 0 aromatic rings. The van der Waals surface area contributed by atoms with Gasteiger partial charge >= 0.3 is 0 Å². The van der Waals surface area contributed by atoms with Gasteiger partial charge in [-0.05, 0) is 25.7 Å². The van der Waals surface area contributed by atoms with E-state index < -0.39 is 0 Å². The van der Waals surface area contributed by atoms with Crippen molar-refractivity contribution in [3.05, 3.63) is 0 Å². The summed E-state index contributed by atoms with van der Waals surface area (Å²) in [5.41, 5.74) is 5.14. The standard InChI is InChI=1S/C11H21N3O3/c12-7-10(16)13-8-11(17)14-5-1-3-9(14)4-2-6-15/h9,15H,1-8,12H2,(H,13,16). The molecule has 1 fully saturated rings. The minimum Gasteiger partial charge on any atom is -0.396 e. The summed E-state index contributed by atoms with van der Waals surface area (Å²) in [6.07, 6.45) is 3.51. The van der Waals surface area contributed by atoms with Crippen molar-refractivity contribution in [1.82, 2.24) is 10.2 Å². The fourth-order valence-corrected chi connectivity index (χ4v) is 2.14. The average molecular weight is 243 g/mol. The molecule has 2 amide bonds. The second kappa shape index (κ2) is 7.24. The lowest BCUT2D eigenvalue weighted by Crippen LogP contribution is -2.43. The third-order valence-corrected chi connectivity index (χ3v) is 3.02. The molecule has 1 heterocycles. The van der Waals surface area contributed by atoms with Crippen LogP contribution >= 0.6 is 0 Å². The van der Waals surface area contributed by atoms with Crippen molar-refractivity contribution in [1.29, 1.82) is 0 Å². The molecule has 1 atom stereocenters. The van der Waals surface area contributed by atoms with Crippen LogP contribution in [0.5, 0.6) is 0 Å². The van der Waals surface area contributed by atoms with Crippen molar-refractivity contribution in [2.45, 2.75) is 31.7 Å². The summed E-state index contributed by atoms with van der Waals surface area (Å²) in [6.45, 7) is 0.822. The van der Waals surface area contributed by atoms with Crippen LogP contribution in [-0.4, -0.2) is 54.1 Å². The molecule has 0 aromatic heterocycles. The Labute approximate surface area is 101 Å². The van der Waals surface area contributed by atoms with E-state index in [1.807, 2.05) is 0 Å². The van der Waals surface area contributed by atoms with Gasteiger partial charge < -0.3 is 21.1 Å². The van der Waals surface area contributed by atoms with E-state index in [-0.39, 0.29) is 37.6 Å².